The number of amides is 1. The van der Waals surface area contributed by atoms with Crippen molar-refractivity contribution in [2.24, 2.45) is 12.8 Å². The smallest absolute Gasteiger partial charge is 0.274 e. The minimum absolute atomic E-state index is 0.248. The monoisotopic (exact) mass is 335 g/mol. The van der Waals surface area contributed by atoms with Crippen molar-refractivity contribution in [1.29, 1.82) is 0 Å². The number of nitrogens with one attached hydrogen (secondary N) is 1. The van der Waals surface area contributed by atoms with Gasteiger partial charge in [-0.05, 0) is 30.5 Å². The Hall–Kier alpha value is -2.92. The van der Waals surface area contributed by atoms with Gasteiger partial charge in [0.15, 0.2) is 0 Å². The fourth-order valence-electron chi connectivity index (χ4n) is 2.84. The second-order valence-electron chi connectivity index (χ2n) is 6.10. The average molecular weight is 335 g/mol. The lowest BCUT2D eigenvalue weighted by atomic mass is 10.1. The maximum absolute atomic E-state index is 12.4. The first-order chi connectivity index (χ1) is 12.1. The van der Waals surface area contributed by atoms with Gasteiger partial charge in [0.1, 0.15) is 5.69 Å². The number of aromatic nitrogens is 1. The van der Waals surface area contributed by atoms with Crippen molar-refractivity contribution < 1.29 is 4.79 Å². The molecule has 128 valence electrons. The summed E-state index contributed by atoms with van der Waals surface area (Å²) in [6.45, 7) is 0. The lowest BCUT2D eigenvalue weighted by Crippen LogP contribution is -2.37. The van der Waals surface area contributed by atoms with E-state index in [1.807, 2.05) is 54.6 Å². The van der Waals surface area contributed by atoms with Gasteiger partial charge in [0.25, 0.3) is 5.56 Å². The third-order valence-electron chi connectivity index (χ3n) is 4.31. The van der Waals surface area contributed by atoms with Gasteiger partial charge in [-0.1, -0.05) is 48.5 Å². The highest BCUT2D eigenvalue weighted by Crippen LogP contribution is 2.15. The molecule has 3 aromatic rings. The highest BCUT2D eigenvalue weighted by Gasteiger charge is 2.16. The van der Waals surface area contributed by atoms with Crippen LogP contribution in [0.4, 0.5) is 5.69 Å². The van der Waals surface area contributed by atoms with Gasteiger partial charge in [-0.2, -0.15) is 0 Å². The second kappa shape index (κ2) is 7.32. The van der Waals surface area contributed by atoms with E-state index in [-0.39, 0.29) is 17.2 Å². The van der Waals surface area contributed by atoms with Crippen LogP contribution in [0.3, 0.4) is 0 Å². The number of anilines is 1. The normalized spacial score (nSPS) is 12.1. The Morgan fingerprint density at radius 2 is 1.80 bits per heavy atom. The van der Waals surface area contributed by atoms with E-state index in [4.69, 9.17) is 5.73 Å². The van der Waals surface area contributed by atoms with Gasteiger partial charge < -0.3 is 15.6 Å². The molecule has 1 heterocycles. The molecule has 0 saturated carbocycles. The molecular formula is C20H21N3O2. The van der Waals surface area contributed by atoms with Crippen molar-refractivity contribution in [3.05, 3.63) is 76.6 Å². The van der Waals surface area contributed by atoms with Gasteiger partial charge in [0.05, 0.1) is 11.6 Å². The molecule has 1 amide bonds. The molecular weight excluding hydrogens is 314 g/mol. The van der Waals surface area contributed by atoms with Gasteiger partial charge in [-0.15, -0.1) is 0 Å². The molecule has 0 radical (unpaired) electrons. The van der Waals surface area contributed by atoms with E-state index in [0.29, 0.717) is 12.8 Å². The molecule has 5 nitrogen and oxygen atoms in total. The van der Waals surface area contributed by atoms with E-state index in [1.54, 1.807) is 13.1 Å². The molecule has 0 aliphatic rings. The number of fused-ring (bicyclic) bond motifs is 1. The van der Waals surface area contributed by atoms with Crippen molar-refractivity contribution in [3.63, 3.8) is 0 Å². The van der Waals surface area contributed by atoms with Crippen LogP contribution in [0.5, 0.6) is 0 Å². The van der Waals surface area contributed by atoms with Crippen LogP contribution in [0.1, 0.15) is 12.0 Å². The van der Waals surface area contributed by atoms with Gasteiger partial charge in [-0.25, -0.2) is 0 Å². The third-order valence-corrected chi connectivity index (χ3v) is 4.31. The Bertz CT molecular complexity index is 948. The quantitative estimate of drug-likeness (QED) is 0.752. The number of nitrogens with zero attached hydrogens (tertiary/aromatic N) is 1. The summed E-state index contributed by atoms with van der Waals surface area (Å²) in [4.78, 5) is 24.8. The first kappa shape index (κ1) is 16.9. The molecule has 0 spiro atoms. The first-order valence-corrected chi connectivity index (χ1v) is 8.25. The van der Waals surface area contributed by atoms with E-state index in [2.05, 4.69) is 5.32 Å². The lowest BCUT2D eigenvalue weighted by molar-refractivity contribution is -0.117. The summed E-state index contributed by atoms with van der Waals surface area (Å²) in [5.74, 6) is -0.344. The molecule has 1 atom stereocenters. The van der Waals surface area contributed by atoms with E-state index < -0.39 is 6.04 Å². The summed E-state index contributed by atoms with van der Waals surface area (Å²) in [7, 11) is 1.69. The largest absolute Gasteiger partial charge is 0.320 e. The summed E-state index contributed by atoms with van der Waals surface area (Å²) in [5.41, 5.74) is 7.95. The number of carbonyl (C=O) groups is 1. The summed E-state index contributed by atoms with van der Waals surface area (Å²) in [6.07, 6.45) is 1.23. The molecule has 25 heavy (non-hydrogen) atoms. The molecule has 0 aliphatic heterocycles. The molecule has 0 bridgehead atoms. The average Bonchev–Trinajstić information content (AvgIpc) is 2.64. The number of pyridine rings is 1. The van der Waals surface area contributed by atoms with Crippen molar-refractivity contribution in [2.75, 3.05) is 5.32 Å². The van der Waals surface area contributed by atoms with E-state index in [9.17, 15) is 9.59 Å². The minimum Gasteiger partial charge on any atom is -0.320 e. The van der Waals surface area contributed by atoms with Crippen LogP contribution in [-0.2, 0) is 18.3 Å². The summed E-state index contributed by atoms with van der Waals surface area (Å²) in [6, 6.07) is 18.4. The van der Waals surface area contributed by atoms with Crippen LogP contribution in [0.15, 0.2) is 65.5 Å². The Labute approximate surface area is 146 Å². The van der Waals surface area contributed by atoms with Crippen molar-refractivity contribution >= 4 is 22.5 Å². The number of para-hydroxylation sites is 1. The highest BCUT2D eigenvalue weighted by atomic mass is 16.2. The molecule has 3 rings (SSSR count). The van der Waals surface area contributed by atoms with Crippen LogP contribution in [0, 0.1) is 0 Å². The van der Waals surface area contributed by atoms with Crippen LogP contribution < -0.4 is 16.6 Å². The summed E-state index contributed by atoms with van der Waals surface area (Å²) >= 11 is 0. The van der Waals surface area contributed by atoms with Gasteiger partial charge in [-0.3, -0.25) is 9.59 Å². The zero-order valence-electron chi connectivity index (χ0n) is 14.1. The number of nitrogens with two attached hydrogens (primary N) is 1. The third kappa shape index (κ3) is 3.78. The lowest BCUT2D eigenvalue weighted by Gasteiger charge is -2.14. The van der Waals surface area contributed by atoms with Crippen LogP contribution >= 0.6 is 0 Å². The molecule has 0 saturated heterocycles. The van der Waals surface area contributed by atoms with E-state index in [1.165, 1.54) is 4.57 Å². The van der Waals surface area contributed by atoms with Gasteiger partial charge in [0, 0.05) is 12.4 Å². The zero-order chi connectivity index (χ0) is 17.8. The summed E-state index contributed by atoms with van der Waals surface area (Å²) < 4.78 is 1.53. The molecule has 5 heteroatoms. The van der Waals surface area contributed by atoms with Crippen molar-refractivity contribution in [1.82, 2.24) is 4.57 Å². The van der Waals surface area contributed by atoms with Gasteiger partial charge in [0.2, 0.25) is 5.91 Å². The Balaban J connectivity index is 1.73. The van der Waals surface area contributed by atoms with Crippen LogP contribution in [-0.4, -0.2) is 16.5 Å². The molecule has 1 aromatic heterocycles. The predicted molar refractivity (Wildman–Crippen MR) is 101 cm³/mol. The fraction of sp³-hybridized carbons (Fsp3) is 0.200. The number of benzene rings is 2. The fourth-order valence-corrected chi connectivity index (χ4v) is 2.84. The zero-order valence-corrected chi connectivity index (χ0v) is 14.1. The number of hydrogen-bond acceptors (Lipinski definition) is 3. The molecule has 0 fully saturated rings. The SMILES string of the molecule is Cn1c(=O)c(NC(=O)[C@H](N)CCc2ccccc2)cc2ccccc21. The van der Waals surface area contributed by atoms with Crippen LogP contribution in [0.2, 0.25) is 0 Å². The minimum atomic E-state index is -0.670. The maximum Gasteiger partial charge on any atom is 0.274 e. The number of rotatable bonds is 5. The Kier molecular flexibility index (Phi) is 4.95. The number of aryl methyl sites for hydroxylation is 2. The first-order valence-electron chi connectivity index (χ1n) is 8.25. The van der Waals surface area contributed by atoms with E-state index in [0.717, 1.165) is 16.5 Å². The van der Waals surface area contributed by atoms with Crippen LogP contribution in [0.25, 0.3) is 10.9 Å². The van der Waals surface area contributed by atoms with Crippen molar-refractivity contribution in [2.45, 2.75) is 18.9 Å². The molecule has 2 aromatic carbocycles. The van der Waals surface area contributed by atoms with Crippen molar-refractivity contribution in [3.8, 4) is 0 Å². The molecule has 0 unspecified atom stereocenters. The number of carbonyl (C=O) groups excluding carboxylic acids is 1. The Morgan fingerprint density at radius 3 is 2.56 bits per heavy atom. The van der Waals surface area contributed by atoms with E-state index >= 15 is 0 Å². The standard InChI is InChI=1S/C20H21N3O2/c1-23-18-10-6-5-9-15(18)13-17(20(23)25)22-19(24)16(21)12-11-14-7-3-2-4-8-14/h2-10,13,16H,11-12,21H2,1H3,(H,22,24)/t16-/m1/s1. The maximum atomic E-state index is 12.4. The topological polar surface area (TPSA) is 77.1 Å². The van der Waals surface area contributed by atoms with Gasteiger partial charge >= 0.3 is 0 Å². The number of hydrogen-bond donors (Lipinski definition) is 2. The predicted octanol–water partition coefficient (Wildman–Crippen LogP) is 2.44. The summed E-state index contributed by atoms with van der Waals surface area (Å²) in [5, 5.41) is 3.57. The highest BCUT2D eigenvalue weighted by molar-refractivity contribution is 5.96. The molecule has 0 aliphatic carbocycles. The Morgan fingerprint density at radius 1 is 1.12 bits per heavy atom. The second-order valence-corrected chi connectivity index (χ2v) is 6.10. The molecule has 3 N–H and O–H groups in total.